The van der Waals surface area contributed by atoms with Crippen molar-refractivity contribution in [2.45, 2.75) is 43.9 Å². The van der Waals surface area contributed by atoms with Gasteiger partial charge in [0.1, 0.15) is 10.6 Å². The molecule has 1 N–H and O–H groups in total. The van der Waals surface area contributed by atoms with Crippen LogP contribution in [0.15, 0.2) is 53.4 Å². The average molecular weight is 500 g/mol. The van der Waals surface area contributed by atoms with Gasteiger partial charge in [-0.2, -0.15) is 4.31 Å². The summed E-state index contributed by atoms with van der Waals surface area (Å²) in [5, 5.41) is 2.83. The lowest BCUT2D eigenvalue weighted by Crippen LogP contribution is -2.36. The Balaban J connectivity index is 1.44. The number of sulfonamides is 1. The van der Waals surface area contributed by atoms with Crippen molar-refractivity contribution in [1.29, 1.82) is 0 Å². The van der Waals surface area contributed by atoms with Gasteiger partial charge >= 0.3 is 0 Å². The van der Waals surface area contributed by atoms with E-state index in [4.69, 9.17) is 4.74 Å². The van der Waals surface area contributed by atoms with Gasteiger partial charge in [-0.3, -0.25) is 9.59 Å². The summed E-state index contributed by atoms with van der Waals surface area (Å²) in [6.45, 7) is 4.01. The molecular weight excluding hydrogens is 466 g/mol. The van der Waals surface area contributed by atoms with Crippen molar-refractivity contribution in [3.05, 3.63) is 54.1 Å². The van der Waals surface area contributed by atoms with Gasteiger partial charge in [0, 0.05) is 38.3 Å². The fraction of sp³-hybridized carbons (Fsp3) is 0.462. The number of benzene rings is 2. The number of nitrogens with one attached hydrogen (secondary N) is 1. The van der Waals surface area contributed by atoms with Gasteiger partial charge in [-0.25, -0.2) is 8.42 Å². The highest BCUT2D eigenvalue weighted by molar-refractivity contribution is 7.89. The number of nitrogens with zero attached hydrogens (tertiary/aromatic N) is 2. The van der Waals surface area contributed by atoms with Crippen LogP contribution in [0.3, 0.4) is 0 Å². The first-order chi connectivity index (χ1) is 16.9. The maximum atomic E-state index is 13.3. The normalized spacial score (nSPS) is 19.1. The summed E-state index contributed by atoms with van der Waals surface area (Å²) in [4.78, 5) is 27.2. The second kappa shape index (κ2) is 11.2. The van der Waals surface area contributed by atoms with E-state index in [0.29, 0.717) is 38.5 Å². The van der Waals surface area contributed by atoms with Crippen molar-refractivity contribution >= 4 is 27.5 Å². The van der Waals surface area contributed by atoms with Crippen molar-refractivity contribution in [2.75, 3.05) is 38.1 Å². The molecule has 0 saturated carbocycles. The molecule has 8 nitrogen and oxygen atoms in total. The molecule has 188 valence electrons. The van der Waals surface area contributed by atoms with Crippen molar-refractivity contribution < 1.29 is 22.7 Å². The molecule has 0 spiro atoms. The molecule has 2 saturated heterocycles. The van der Waals surface area contributed by atoms with E-state index in [1.54, 1.807) is 24.0 Å². The predicted molar refractivity (Wildman–Crippen MR) is 134 cm³/mol. The minimum Gasteiger partial charge on any atom is -0.492 e. The molecule has 35 heavy (non-hydrogen) atoms. The van der Waals surface area contributed by atoms with Crippen LogP contribution in [0.2, 0.25) is 0 Å². The van der Waals surface area contributed by atoms with Crippen LogP contribution in [0.25, 0.3) is 0 Å². The van der Waals surface area contributed by atoms with Crippen LogP contribution in [0, 0.1) is 5.92 Å². The smallest absolute Gasteiger partial charge is 0.246 e. The zero-order chi connectivity index (χ0) is 24.8. The second-order valence-corrected chi connectivity index (χ2v) is 10.9. The van der Waals surface area contributed by atoms with E-state index in [-0.39, 0.29) is 28.9 Å². The SMILES string of the molecule is CCOc1ccc(NC(=O)C2CC(=O)N(CCc3ccccc3)C2)cc1S(=O)(=O)N1CCCCC1. The molecule has 2 heterocycles. The zero-order valence-corrected chi connectivity index (χ0v) is 20.9. The lowest BCUT2D eigenvalue weighted by atomic mass is 10.1. The topological polar surface area (TPSA) is 96.0 Å². The molecule has 4 rings (SSSR count). The van der Waals surface area contributed by atoms with Gasteiger partial charge in [-0.05, 0) is 49.9 Å². The van der Waals surface area contributed by atoms with Crippen LogP contribution in [-0.4, -0.2) is 62.2 Å². The largest absolute Gasteiger partial charge is 0.492 e. The second-order valence-electron chi connectivity index (χ2n) is 9.02. The Hall–Kier alpha value is -2.91. The van der Waals surface area contributed by atoms with E-state index in [1.807, 2.05) is 30.3 Å². The Morgan fingerprint density at radius 3 is 2.54 bits per heavy atom. The van der Waals surface area contributed by atoms with Gasteiger partial charge < -0.3 is 15.0 Å². The molecule has 0 bridgehead atoms. The van der Waals surface area contributed by atoms with Gasteiger partial charge in [0.25, 0.3) is 0 Å². The van der Waals surface area contributed by atoms with Crippen molar-refractivity contribution in [3.8, 4) is 5.75 Å². The van der Waals surface area contributed by atoms with Crippen LogP contribution in [0.1, 0.15) is 38.2 Å². The number of ether oxygens (including phenoxy) is 1. The molecule has 0 aliphatic carbocycles. The number of piperidine rings is 1. The number of carbonyl (C=O) groups is 2. The van der Waals surface area contributed by atoms with Gasteiger partial charge in [-0.15, -0.1) is 0 Å². The number of hydrogen-bond acceptors (Lipinski definition) is 5. The lowest BCUT2D eigenvalue weighted by molar-refractivity contribution is -0.128. The summed E-state index contributed by atoms with van der Waals surface area (Å²) in [5.41, 5.74) is 1.52. The zero-order valence-electron chi connectivity index (χ0n) is 20.1. The van der Waals surface area contributed by atoms with E-state index >= 15 is 0 Å². The quantitative estimate of drug-likeness (QED) is 0.571. The Kier molecular flexibility index (Phi) is 8.07. The van der Waals surface area contributed by atoms with Crippen molar-refractivity contribution in [2.24, 2.45) is 5.92 Å². The third-order valence-electron chi connectivity index (χ3n) is 6.54. The molecule has 2 fully saturated rings. The average Bonchev–Trinajstić information content (AvgIpc) is 3.25. The highest BCUT2D eigenvalue weighted by Crippen LogP contribution is 2.32. The molecule has 0 radical (unpaired) electrons. The molecule has 2 aromatic rings. The fourth-order valence-corrected chi connectivity index (χ4v) is 6.30. The first kappa shape index (κ1) is 25.2. The Bertz CT molecular complexity index is 1150. The summed E-state index contributed by atoms with van der Waals surface area (Å²) < 4.78 is 33.7. The molecule has 2 amide bonds. The van der Waals surface area contributed by atoms with E-state index in [0.717, 1.165) is 31.2 Å². The monoisotopic (exact) mass is 499 g/mol. The van der Waals surface area contributed by atoms with Crippen LogP contribution < -0.4 is 10.1 Å². The fourth-order valence-electron chi connectivity index (χ4n) is 4.62. The maximum Gasteiger partial charge on any atom is 0.246 e. The number of hydrogen-bond donors (Lipinski definition) is 1. The van der Waals surface area contributed by atoms with E-state index < -0.39 is 15.9 Å². The van der Waals surface area contributed by atoms with Crippen molar-refractivity contribution in [1.82, 2.24) is 9.21 Å². The number of likely N-dealkylation sites (tertiary alicyclic amines) is 1. The number of rotatable bonds is 9. The summed E-state index contributed by atoms with van der Waals surface area (Å²) >= 11 is 0. The molecule has 1 unspecified atom stereocenters. The third-order valence-corrected chi connectivity index (χ3v) is 8.46. The molecule has 2 aliphatic rings. The molecule has 2 aliphatic heterocycles. The van der Waals surface area contributed by atoms with Crippen molar-refractivity contribution in [3.63, 3.8) is 0 Å². The van der Waals surface area contributed by atoms with E-state index in [2.05, 4.69) is 5.32 Å². The molecule has 9 heteroatoms. The van der Waals surface area contributed by atoms with Gasteiger partial charge in [-0.1, -0.05) is 36.8 Å². The summed E-state index contributed by atoms with van der Waals surface area (Å²) in [6, 6.07) is 14.6. The first-order valence-electron chi connectivity index (χ1n) is 12.3. The minimum absolute atomic E-state index is 0.0406. The Morgan fingerprint density at radius 2 is 1.83 bits per heavy atom. The molecule has 2 aromatic carbocycles. The van der Waals surface area contributed by atoms with Gasteiger partial charge in [0.2, 0.25) is 21.8 Å². The molecular formula is C26H33N3O5S. The summed E-state index contributed by atoms with van der Waals surface area (Å²) in [7, 11) is -3.75. The summed E-state index contributed by atoms with van der Waals surface area (Å²) in [5.74, 6) is -0.529. The molecule has 0 aromatic heterocycles. The highest BCUT2D eigenvalue weighted by atomic mass is 32.2. The molecule has 1 atom stereocenters. The number of carbonyl (C=O) groups excluding carboxylic acids is 2. The summed E-state index contributed by atoms with van der Waals surface area (Å²) in [6.07, 6.45) is 3.56. The number of amides is 2. The van der Waals surface area contributed by atoms with Crippen LogP contribution in [0.5, 0.6) is 5.75 Å². The minimum atomic E-state index is -3.75. The van der Waals surface area contributed by atoms with Gasteiger partial charge in [0.05, 0.1) is 12.5 Å². The number of anilines is 1. The Morgan fingerprint density at radius 1 is 1.09 bits per heavy atom. The standard InChI is InChI=1S/C26H33N3O5S/c1-2-34-23-12-11-22(18-24(23)35(32,33)29-14-7-4-8-15-29)27-26(31)21-17-25(30)28(19-21)16-13-20-9-5-3-6-10-20/h3,5-6,9-12,18,21H,2,4,7-8,13-17,19H2,1H3,(H,27,31). The third kappa shape index (κ3) is 6.02. The van der Waals surface area contributed by atoms with Crippen LogP contribution in [0.4, 0.5) is 5.69 Å². The maximum absolute atomic E-state index is 13.3. The lowest BCUT2D eigenvalue weighted by Gasteiger charge is -2.27. The van der Waals surface area contributed by atoms with Gasteiger partial charge in [0.15, 0.2) is 0 Å². The highest BCUT2D eigenvalue weighted by Gasteiger charge is 2.34. The Labute approximate surface area is 207 Å². The predicted octanol–water partition coefficient (Wildman–Crippen LogP) is 3.29. The van der Waals surface area contributed by atoms with Crippen LogP contribution >= 0.6 is 0 Å². The first-order valence-corrected chi connectivity index (χ1v) is 13.7. The van der Waals surface area contributed by atoms with E-state index in [1.165, 1.54) is 10.4 Å². The van der Waals surface area contributed by atoms with E-state index in [9.17, 15) is 18.0 Å². The van der Waals surface area contributed by atoms with Crippen LogP contribution in [-0.2, 0) is 26.0 Å².